The van der Waals surface area contributed by atoms with Gasteiger partial charge in [-0.15, -0.1) is 0 Å². The van der Waals surface area contributed by atoms with Crippen LogP contribution in [0.5, 0.6) is 5.88 Å². The Hall–Kier alpha value is -3.02. The first-order valence-corrected chi connectivity index (χ1v) is 9.56. The molecule has 2 aromatic heterocycles. The fourth-order valence-electron chi connectivity index (χ4n) is 2.86. The Balaban J connectivity index is 1.66. The van der Waals surface area contributed by atoms with Gasteiger partial charge in [0.1, 0.15) is 6.10 Å². The Labute approximate surface area is 175 Å². The van der Waals surface area contributed by atoms with Crippen LogP contribution in [0.3, 0.4) is 0 Å². The number of pyridine rings is 1. The number of aromatic nitrogens is 3. The van der Waals surface area contributed by atoms with E-state index in [1.54, 1.807) is 13.8 Å². The van der Waals surface area contributed by atoms with E-state index < -0.39 is 35.5 Å². The van der Waals surface area contributed by atoms with Crippen LogP contribution < -0.4 is 15.6 Å². The zero-order valence-electron chi connectivity index (χ0n) is 16.8. The van der Waals surface area contributed by atoms with Crippen molar-refractivity contribution in [2.45, 2.75) is 51.0 Å². The molecular formula is C19H21F4N5O3. The standard InChI is InChI=1S/C19H21F4N5O3/c1-3-30-11(2)16(29)28-27-15-10-24-14(9-25-15)12-7-13(20)17(26-8-12)31-18(5-4-6-18)19(21,22)23/h7-11H,3-6H2,1-2H3,(H,25,27)(H,28,29)/t11-/m0/s1. The van der Waals surface area contributed by atoms with E-state index >= 15 is 0 Å². The molecule has 0 unspecified atom stereocenters. The SMILES string of the molecule is CCO[C@@H](C)C(=O)NNc1cnc(-c2cnc(OC3(C(F)(F)F)CCC3)c(F)c2)cn1. The summed E-state index contributed by atoms with van der Waals surface area (Å²) in [7, 11) is 0. The maximum absolute atomic E-state index is 14.4. The van der Waals surface area contributed by atoms with Gasteiger partial charge in [0.05, 0.1) is 18.1 Å². The van der Waals surface area contributed by atoms with Gasteiger partial charge in [0, 0.05) is 18.4 Å². The van der Waals surface area contributed by atoms with Crippen molar-refractivity contribution in [3.63, 3.8) is 0 Å². The van der Waals surface area contributed by atoms with Crippen LogP contribution in [0.1, 0.15) is 33.1 Å². The summed E-state index contributed by atoms with van der Waals surface area (Å²) in [5.41, 5.74) is 3.01. The number of hydrogen-bond acceptors (Lipinski definition) is 7. The fraction of sp³-hybridized carbons (Fsp3) is 0.474. The zero-order valence-corrected chi connectivity index (χ0v) is 16.8. The quantitative estimate of drug-likeness (QED) is 0.477. The van der Waals surface area contributed by atoms with Gasteiger partial charge in [0.15, 0.2) is 11.6 Å². The molecular weight excluding hydrogens is 422 g/mol. The monoisotopic (exact) mass is 443 g/mol. The summed E-state index contributed by atoms with van der Waals surface area (Å²) in [5, 5.41) is 0. The smallest absolute Gasteiger partial charge is 0.428 e. The van der Waals surface area contributed by atoms with E-state index in [4.69, 9.17) is 9.47 Å². The first kappa shape index (κ1) is 22.7. The van der Waals surface area contributed by atoms with E-state index in [1.165, 1.54) is 12.4 Å². The molecule has 8 nitrogen and oxygen atoms in total. The van der Waals surface area contributed by atoms with Crippen molar-refractivity contribution in [2.24, 2.45) is 0 Å². The maximum Gasteiger partial charge on any atom is 0.428 e. The van der Waals surface area contributed by atoms with Crippen molar-refractivity contribution in [2.75, 3.05) is 12.0 Å². The molecule has 2 heterocycles. The Bertz CT molecular complexity index is 920. The largest absolute Gasteiger partial charge is 0.459 e. The number of rotatable bonds is 8. The highest BCUT2D eigenvalue weighted by Crippen LogP contribution is 2.48. The second kappa shape index (κ2) is 9.00. The molecule has 0 aromatic carbocycles. The highest BCUT2D eigenvalue weighted by atomic mass is 19.4. The molecule has 0 saturated heterocycles. The lowest BCUT2D eigenvalue weighted by atomic mass is 9.79. The van der Waals surface area contributed by atoms with E-state index in [1.807, 2.05) is 0 Å². The number of nitrogens with one attached hydrogen (secondary N) is 2. The molecule has 1 amide bonds. The number of amides is 1. The second-order valence-electron chi connectivity index (χ2n) is 6.96. The number of halogens is 4. The number of carbonyl (C=O) groups excluding carboxylic acids is 1. The van der Waals surface area contributed by atoms with Gasteiger partial charge < -0.3 is 9.47 Å². The van der Waals surface area contributed by atoms with Crippen molar-refractivity contribution in [3.05, 3.63) is 30.5 Å². The molecule has 1 fully saturated rings. The van der Waals surface area contributed by atoms with Crippen LogP contribution in [-0.4, -0.2) is 45.3 Å². The predicted molar refractivity (Wildman–Crippen MR) is 101 cm³/mol. The summed E-state index contributed by atoms with van der Waals surface area (Å²) in [6.45, 7) is 3.74. The fourth-order valence-corrected chi connectivity index (χ4v) is 2.86. The predicted octanol–water partition coefficient (Wildman–Crippen LogP) is 3.41. The number of nitrogens with zero attached hydrogens (tertiary/aromatic N) is 3. The van der Waals surface area contributed by atoms with E-state index in [9.17, 15) is 22.4 Å². The molecule has 2 N–H and O–H groups in total. The molecule has 1 aliphatic rings. The molecule has 31 heavy (non-hydrogen) atoms. The van der Waals surface area contributed by atoms with Crippen LogP contribution in [-0.2, 0) is 9.53 Å². The lowest BCUT2D eigenvalue weighted by Crippen LogP contribution is -2.55. The Morgan fingerprint density at radius 2 is 1.97 bits per heavy atom. The molecule has 0 aliphatic heterocycles. The van der Waals surface area contributed by atoms with Gasteiger partial charge in [-0.05, 0) is 39.2 Å². The molecule has 1 atom stereocenters. The van der Waals surface area contributed by atoms with Crippen molar-refractivity contribution < 1.29 is 31.8 Å². The summed E-state index contributed by atoms with van der Waals surface area (Å²) in [5.74, 6) is -1.93. The van der Waals surface area contributed by atoms with Crippen LogP contribution in [0.25, 0.3) is 11.3 Å². The van der Waals surface area contributed by atoms with Crippen molar-refractivity contribution in [1.29, 1.82) is 0 Å². The van der Waals surface area contributed by atoms with Gasteiger partial charge in [-0.25, -0.2) is 14.4 Å². The molecule has 168 valence electrons. The first-order valence-electron chi connectivity index (χ1n) is 9.56. The summed E-state index contributed by atoms with van der Waals surface area (Å²) in [4.78, 5) is 23.6. The van der Waals surface area contributed by atoms with Gasteiger partial charge in [0.25, 0.3) is 11.8 Å². The summed E-state index contributed by atoms with van der Waals surface area (Å²) in [6, 6.07) is 0.980. The molecule has 1 saturated carbocycles. The summed E-state index contributed by atoms with van der Waals surface area (Å²) < 4.78 is 64.1. The van der Waals surface area contributed by atoms with Crippen molar-refractivity contribution in [1.82, 2.24) is 20.4 Å². The number of hydrogen-bond donors (Lipinski definition) is 2. The molecule has 12 heteroatoms. The Kier molecular flexibility index (Phi) is 6.58. The number of alkyl halides is 3. The third kappa shape index (κ3) is 5.01. The van der Waals surface area contributed by atoms with Crippen LogP contribution in [0, 0.1) is 5.82 Å². The van der Waals surface area contributed by atoms with Gasteiger partial charge in [0.2, 0.25) is 5.60 Å². The normalized spacial score (nSPS) is 16.2. The first-order chi connectivity index (χ1) is 14.6. The number of carbonyl (C=O) groups is 1. The maximum atomic E-state index is 14.4. The van der Waals surface area contributed by atoms with Crippen LogP contribution in [0.4, 0.5) is 23.4 Å². The van der Waals surface area contributed by atoms with E-state index in [-0.39, 0.29) is 29.9 Å². The molecule has 1 aliphatic carbocycles. The van der Waals surface area contributed by atoms with E-state index in [0.29, 0.717) is 13.0 Å². The van der Waals surface area contributed by atoms with Crippen LogP contribution >= 0.6 is 0 Å². The molecule has 0 radical (unpaired) electrons. The van der Waals surface area contributed by atoms with E-state index in [2.05, 4.69) is 25.8 Å². The minimum atomic E-state index is -4.61. The second-order valence-corrected chi connectivity index (χ2v) is 6.96. The van der Waals surface area contributed by atoms with Gasteiger partial charge in [-0.3, -0.25) is 20.6 Å². The highest BCUT2D eigenvalue weighted by Gasteiger charge is 2.61. The molecule has 0 spiro atoms. The number of hydrazine groups is 1. The summed E-state index contributed by atoms with van der Waals surface area (Å²) >= 11 is 0. The van der Waals surface area contributed by atoms with Gasteiger partial charge in [-0.1, -0.05) is 0 Å². The lowest BCUT2D eigenvalue weighted by molar-refractivity contribution is -0.275. The Morgan fingerprint density at radius 1 is 1.23 bits per heavy atom. The minimum absolute atomic E-state index is 0.201. The minimum Gasteiger partial charge on any atom is -0.459 e. The van der Waals surface area contributed by atoms with Crippen LogP contribution in [0.15, 0.2) is 24.7 Å². The molecule has 0 bridgehead atoms. The number of anilines is 1. The van der Waals surface area contributed by atoms with Gasteiger partial charge >= 0.3 is 6.18 Å². The molecule has 2 aromatic rings. The highest BCUT2D eigenvalue weighted by molar-refractivity contribution is 5.81. The third-order valence-electron chi connectivity index (χ3n) is 4.82. The third-order valence-corrected chi connectivity index (χ3v) is 4.82. The average molecular weight is 443 g/mol. The average Bonchev–Trinajstić information content (AvgIpc) is 2.69. The van der Waals surface area contributed by atoms with Crippen molar-refractivity contribution in [3.8, 4) is 17.1 Å². The topological polar surface area (TPSA) is 98.3 Å². The lowest BCUT2D eigenvalue weighted by Gasteiger charge is -2.42. The number of ether oxygens (including phenoxy) is 2. The van der Waals surface area contributed by atoms with Crippen LogP contribution in [0.2, 0.25) is 0 Å². The Morgan fingerprint density at radius 3 is 2.48 bits per heavy atom. The summed E-state index contributed by atoms with van der Waals surface area (Å²) in [6.07, 6.45) is -1.66. The van der Waals surface area contributed by atoms with Crippen molar-refractivity contribution >= 4 is 11.7 Å². The van der Waals surface area contributed by atoms with Gasteiger partial charge in [-0.2, -0.15) is 13.2 Å². The van der Waals surface area contributed by atoms with E-state index in [0.717, 1.165) is 12.3 Å². The zero-order chi connectivity index (χ0) is 22.6. The molecule has 3 rings (SSSR count).